The molecular weight excluding hydrogens is 366 g/mol. The number of nitrogens with one attached hydrogen (secondary N) is 1. The van der Waals surface area contributed by atoms with Gasteiger partial charge in [-0.25, -0.2) is 9.97 Å². The lowest BCUT2D eigenvalue weighted by Crippen LogP contribution is -2.34. The van der Waals surface area contributed by atoms with Crippen molar-refractivity contribution in [1.29, 1.82) is 0 Å². The molecule has 2 aromatic heterocycles. The van der Waals surface area contributed by atoms with Crippen molar-refractivity contribution in [3.63, 3.8) is 0 Å². The van der Waals surface area contributed by atoms with Gasteiger partial charge < -0.3 is 14.8 Å². The predicted molar refractivity (Wildman–Crippen MR) is 111 cm³/mol. The molecule has 1 fully saturated rings. The second-order valence-electron chi connectivity index (χ2n) is 6.95. The summed E-state index contributed by atoms with van der Waals surface area (Å²) in [5.74, 6) is 2.33. The molecule has 1 saturated heterocycles. The fourth-order valence-electron chi connectivity index (χ4n) is 3.49. The van der Waals surface area contributed by atoms with Crippen molar-refractivity contribution >= 4 is 17.8 Å². The fourth-order valence-corrected chi connectivity index (χ4v) is 3.49. The van der Waals surface area contributed by atoms with E-state index in [0.29, 0.717) is 18.2 Å². The van der Waals surface area contributed by atoms with Crippen LogP contribution in [-0.4, -0.2) is 45.8 Å². The van der Waals surface area contributed by atoms with Gasteiger partial charge in [0.1, 0.15) is 23.5 Å². The Morgan fingerprint density at radius 2 is 1.79 bits per heavy atom. The number of rotatable bonds is 7. The maximum Gasteiger partial charge on any atom is 0.241 e. The second kappa shape index (κ2) is 9.25. The first-order valence-corrected chi connectivity index (χ1v) is 9.74. The molecule has 0 saturated carbocycles. The Morgan fingerprint density at radius 1 is 1.00 bits per heavy atom. The number of likely N-dealkylation sites (tertiary alicyclic amines) is 1. The molecule has 4 rings (SSSR count). The van der Waals surface area contributed by atoms with Crippen LogP contribution in [0.2, 0.25) is 0 Å². The summed E-state index contributed by atoms with van der Waals surface area (Å²) in [6, 6.07) is 13.4. The molecule has 3 aromatic rings. The van der Waals surface area contributed by atoms with Gasteiger partial charge in [-0.1, -0.05) is 6.07 Å². The molecule has 1 N–H and O–H groups in total. The van der Waals surface area contributed by atoms with Crippen LogP contribution in [0.15, 0.2) is 61.1 Å². The van der Waals surface area contributed by atoms with Gasteiger partial charge in [0.25, 0.3) is 0 Å². The third kappa shape index (κ3) is 4.94. The monoisotopic (exact) mass is 389 g/mol. The number of carbonyl (C=O) groups excluding carboxylic acids is 1. The SMILES string of the molecule is O=CCN1CCC(c2nccnc2Oc2ccc(Nc3ccccn3)cc2)CC1. The number of pyridine rings is 1. The van der Waals surface area contributed by atoms with Gasteiger partial charge in [0.15, 0.2) is 0 Å². The van der Waals surface area contributed by atoms with Crippen LogP contribution in [0.4, 0.5) is 11.5 Å². The molecule has 1 aliphatic heterocycles. The largest absolute Gasteiger partial charge is 0.437 e. The highest BCUT2D eigenvalue weighted by Gasteiger charge is 2.25. The number of aldehydes is 1. The second-order valence-corrected chi connectivity index (χ2v) is 6.95. The van der Waals surface area contributed by atoms with E-state index in [1.54, 1.807) is 18.6 Å². The molecule has 0 unspecified atom stereocenters. The Balaban J connectivity index is 1.43. The molecule has 0 aliphatic carbocycles. The Labute approximate surface area is 169 Å². The highest BCUT2D eigenvalue weighted by molar-refractivity contribution is 5.57. The molecule has 7 nitrogen and oxygen atoms in total. The van der Waals surface area contributed by atoms with Gasteiger partial charge in [0.2, 0.25) is 5.88 Å². The van der Waals surface area contributed by atoms with E-state index in [1.165, 1.54) is 0 Å². The Bertz CT molecular complexity index is 925. The smallest absolute Gasteiger partial charge is 0.241 e. The number of carbonyl (C=O) groups is 1. The van der Waals surface area contributed by atoms with Gasteiger partial charge >= 0.3 is 0 Å². The van der Waals surface area contributed by atoms with Crippen molar-refractivity contribution in [3.05, 3.63) is 66.7 Å². The van der Waals surface area contributed by atoms with Crippen molar-refractivity contribution in [2.75, 3.05) is 25.0 Å². The number of anilines is 2. The van der Waals surface area contributed by atoms with E-state index in [0.717, 1.165) is 49.4 Å². The van der Waals surface area contributed by atoms with Crippen molar-refractivity contribution < 1.29 is 9.53 Å². The van der Waals surface area contributed by atoms with Gasteiger partial charge in [0.05, 0.1) is 6.54 Å². The van der Waals surface area contributed by atoms with Crippen LogP contribution < -0.4 is 10.1 Å². The Hall–Kier alpha value is -3.32. The highest BCUT2D eigenvalue weighted by atomic mass is 16.5. The molecule has 7 heteroatoms. The normalized spacial score (nSPS) is 15.0. The van der Waals surface area contributed by atoms with Crippen molar-refractivity contribution in [2.24, 2.45) is 0 Å². The first-order chi connectivity index (χ1) is 14.3. The number of piperidine rings is 1. The number of nitrogens with zero attached hydrogens (tertiary/aromatic N) is 4. The predicted octanol–water partition coefficient (Wildman–Crippen LogP) is 3.79. The van der Waals surface area contributed by atoms with Gasteiger partial charge in [-0.05, 0) is 62.3 Å². The van der Waals surface area contributed by atoms with Crippen LogP contribution in [0.3, 0.4) is 0 Å². The first kappa shape index (κ1) is 19.0. The summed E-state index contributed by atoms with van der Waals surface area (Å²) in [5, 5.41) is 3.25. The van der Waals surface area contributed by atoms with Crippen molar-refractivity contribution in [3.8, 4) is 11.6 Å². The van der Waals surface area contributed by atoms with Crippen LogP contribution in [0.1, 0.15) is 24.5 Å². The maximum atomic E-state index is 10.7. The molecule has 1 aromatic carbocycles. The highest BCUT2D eigenvalue weighted by Crippen LogP contribution is 2.33. The average Bonchev–Trinajstić information content (AvgIpc) is 2.77. The lowest BCUT2D eigenvalue weighted by Gasteiger charge is -2.30. The summed E-state index contributed by atoms with van der Waals surface area (Å²) in [7, 11) is 0. The number of aromatic nitrogens is 3. The standard InChI is InChI=1S/C22H23N5O2/c28-16-15-27-13-8-17(9-14-27)21-22(25-12-11-24-21)29-19-6-4-18(5-7-19)26-20-3-1-2-10-23-20/h1-7,10-12,16-17H,8-9,13-15H2,(H,23,26). The topological polar surface area (TPSA) is 80.2 Å². The fraction of sp³-hybridized carbons (Fsp3) is 0.273. The molecule has 0 amide bonds. The zero-order chi connectivity index (χ0) is 19.9. The van der Waals surface area contributed by atoms with Crippen LogP contribution in [-0.2, 0) is 4.79 Å². The van der Waals surface area contributed by atoms with Gasteiger partial charge in [0, 0.05) is 30.2 Å². The van der Waals surface area contributed by atoms with E-state index < -0.39 is 0 Å². The zero-order valence-electron chi connectivity index (χ0n) is 16.1. The van der Waals surface area contributed by atoms with E-state index >= 15 is 0 Å². The van der Waals surface area contributed by atoms with Crippen molar-refractivity contribution in [2.45, 2.75) is 18.8 Å². The molecule has 0 atom stereocenters. The minimum atomic E-state index is 0.284. The number of hydrogen-bond donors (Lipinski definition) is 1. The van der Waals surface area contributed by atoms with Crippen LogP contribution in [0, 0.1) is 0 Å². The molecule has 0 spiro atoms. The molecule has 3 heterocycles. The third-order valence-electron chi connectivity index (χ3n) is 5.00. The van der Waals surface area contributed by atoms with Gasteiger partial charge in [-0.2, -0.15) is 0 Å². The van der Waals surface area contributed by atoms with Crippen molar-refractivity contribution in [1.82, 2.24) is 19.9 Å². The Kier molecular flexibility index (Phi) is 6.07. The third-order valence-corrected chi connectivity index (χ3v) is 5.00. The summed E-state index contributed by atoms with van der Waals surface area (Å²) in [6.45, 7) is 2.26. The quantitative estimate of drug-likeness (QED) is 0.616. The minimum absolute atomic E-state index is 0.284. The number of hydrogen-bond acceptors (Lipinski definition) is 7. The summed E-state index contributed by atoms with van der Waals surface area (Å²) in [5.41, 5.74) is 1.81. The van der Waals surface area contributed by atoms with Crippen LogP contribution in [0.5, 0.6) is 11.6 Å². The van der Waals surface area contributed by atoms with E-state index in [9.17, 15) is 4.79 Å². The minimum Gasteiger partial charge on any atom is -0.437 e. The zero-order valence-corrected chi connectivity index (χ0v) is 16.1. The molecule has 29 heavy (non-hydrogen) atoms. The average molecular weight is 389 g/mol. The molecule has 0 bridgehead atoms. The van der Waals surface area contributed by atoms with Crippen LogP contribution in [0.25, 0.3) is 0 Å². The lowest BCUT2D eigenvalue weighted by atomic mass is 9.93. The molecular formula is C22H23N5O2. The number of benzene rings is 1. The molecule has 148 valence electrons. The summed E-state index contributed by atoms with van der Waals surface area (Å²) in [6.07, 6.45) is 7.95. The van der Waals surface area contributed by atoms with E-state index in [-0.39, 0.29) is 5.92 Å². The summed E-state index contributed by atoms with van der Waals surface area (Å²) >= 11 is 0. The van der Waals surface area contributed by atoms with E-state index in [1.807, 2.05) is 42.5 Å². The molecule has 1 aliphatic rings. The summed E-state index contributed by atoms with van der Waals surface area (Å²) < 4.78 is 6.06. The summed E-state index contributed by atoms with van der Waals surface area (Å²) in [4.78, 5) is 26.1. The Morgan fingerprint density at radius 3 is 2.52 bits per heavy atom. The lowest BCUT2D eigenvalue weighted by molar-refractivity contribution is -0.109. The molecule has 0 radical (unpaired) electrons. The van der Waals surface area contributed by atoms with Gasteiger partial charge in [-0.15, -0.1) is 0 Å². The van der Waals surface area contributed by atoms with E-state index in [2.05, 4.69) is 25.2 Å². The number of ether oxygens (including phenoxy) is 1. The first-order valence-electron chi connectivity index (χ1n) is 9.74. The van der Waals surface area contributed by atoms with Crippen LogP contribution >= 0.6 is 0 Å². The van der Waals surface area contributed by atoms with Gasteiger partial charge in [-0.3, -0.25) is 9.88 Å². The van der Waals surface area contributed by atoms with E-state index in [4.69, 9.17) is 4.74 Å². The maximum absolute atomic E-state index is 10.7.